The lowest BCUT2D eigenvalue weighted by atomic mass is 10.1. The molecular formula is C16H17ClN2O. The molecule has 2 N–H and O–H groups in total. The van der Waals surface area contributed by atoms with E-state index in [1.54, 1.807) is 6.07 Å². The molecule has 104 valence electrons. The fraction of sp³-hybridized carbons (Fsp3) is 0.188. The van der Waals surface area contributed by atoms with Gasteiger partial charge in [0.1, 0.15) is 5.75 Å². The second-order valence-corrected chi connectivity index (χ2v) is 5.20. The number of phenols is 1. The van der Waals surface area contributed by atoms with Crippen molar-refractivity contribution in [3.8, 4) is 5.75 Å². The first-order chi connectivity index (χ1) is 9.47. The number of aromatic hydroxyl groups is 1. The number of hydrogen-bond donors (Lipinski definition) is 2. The number of benzene rings is 2. The number of hydrazone groups is 1. The number of phenolic OH excluding ortho intramolecular Hbond substituents is 1. The van der Waals surface area contributed by atoms with Crippen molar-refractivity contribution in [1.82, 2.24) is 0 Å². The third-order valence-electron chi connectivity index (χ3n) is 3.07. The molecular weight excluding hydrogens is 272 g/mol. The first kappa shape index (κ1) is 14.4. The van der Waals surface area contributed by atoms with Crippen molar-refractivity contribution >= 4 is 23.0 Å². The molecule has 0 aliphatic heterocycles. The summed E-state index contributed by atoms with van der Waals surface area (Å²) in [5, 5.41) is 14.8. The molecule has 0 heterocycles. The van der Waals surface area contributed by atoms with Gasteiger partial charge in [0.05, 0.1) is 11.4 Å². The van der Waals surface area contributed by atoms with Crippen molar-refractivity contribution in [1.29, 1.82) is 0 Å². The number of nitrogens with one attached hydrogen (secondary N) is 1. The van der Waals surface area contributed by atoms with Crippen LogP contribution >= 0.6 is 11.6 Å². The fourth-order valence-corrected chi connectivity index (χ4v) is 1.99. The van der Waals surface area contributed by atoms with Crippen LogP contribution in [0.4, 0.5) is 5.69 Å². The average Bonchev–Trinajstić information content (AvgIpc) is 2.42. The molecule has 0 saturated carbocycles. The van der Waals surface area contributed by atoms with E-state index in [4.69, 9.17) is 11.6 Å². The maximum atomic E-state index is 9.85. The van der Waals surface area contributed by atoms with Gasteiger partial charge in [-0.1, -0.05) is 29.3 Å². The van der Waals surface area contributed by atoms with Crippen molar-refractivity contribution in [2.24, 2.45) is 5.10 Å². The molecule has 0 aliphatic carbocycles. The Bertz CT molecular complexity index is 666. The Morgan fingerprint density at radius 3 is 2.60 bits per heavy atom. The summed E-state index contributed by atoms with van der Waals surface area (Å²) >= 11 is 6.06. The Morgan fingerprint density at radius 1 is 1.15 bits per heavy atom. The number of halogens is 1. The smallest absolute Gasteiger partial charge is 0.124 e. The van der Waals surface area contributed by atoms with Crippen LogP contribution in [0.5, 0.6) is 5.75 Å². The summed E-state index contributed by atoms with van der Waals surface area (Å²) in [4.78, 5) is 0. The molecule has 0 atom stereocenters. The molecule has 3 nitrogen and oxygen atoms in total. The second kappa shape index (κ2) is 5.97. The molecule has 0 radical (unpaired) electrons. The lowest BCUT2D eigenvalue weighted by Gasteiger charge is -2.07. The maximum Gasteiger partial charge on any atom is 0.124 e. The minimum absolute atomic E-state index is 0.223. The highest BCUT2D eigenvalue weighted by Gasteiger charge is 2.05. The van der Waals surface area contributed by atoms with Crippen LogP contribution in [0.3, 0.4) is 0 Å². The van der Waals surface area contributed by atoms with E-state index in [-0.39, 0.29) is 5.75 Å². The molecule has 2 rings (SSSR count). The normalized spacial score (nSPS) is 11.5. The van der Waals surface area contributed by atoms with Crippen LogP contribution in [0.1, 0.15) is 23.6 Å². The summed E-state index contributed by atoms with van der Waals surface area (Å²) in [6.45, 7) is 5.77. The van der Waals surface area contributed by atoms with Gasteiger partial charge in [0.15, 0.2) is 0 Å². The third-order valence-corrected chi connectivity index (χ3v) is 3.47. The van der Waals surface area contributed by atoms with Gasteiger partial charge < -0.3 is 5.11 Å². The van der Waals surface area contributed by atoms with E-state index in [1.165, 1.54) is 0 Å². The van der Waals surface area contributed by atoms with Crippen molar-refractivity contribution in [2.75, 3.05) is 5.43 Å². The quantitative estimate of drug-likeness (QED) is 0.645. The molecule has 0 spiro atoms. The minimum atomic E-state index is 0.223. The number of nitrogens with zero attached hydrogens (tertiary/aromatic N) is 1. The van der Waals surface area contributed by atoms with Gasteiger partial charge >= 0.3 is 0 Å². The molecule has 0 fully saturated rings. The van der Waals surface area contributed by atoms with Gasteiger partial charge in [-0.2, -0.15) is 5.10 Å². The second-order valence-electron chi connectivity index (χ2n) is 4.79. The van der Waals surface area contributed by atoms with E-state index in [9.17, 15) is 5.11 Å². The average molecular weight is 289 g/mol. The van der Waals surface area contributed by atoms with Crippen LogP contribution in [0, 0.1) is 13.8 Å². The molecule has 0 aliphatic rings. The van der Waals surface area contributed by atoms with Crippen LogP contribution in [0.2, 0.25) is 5.02 Å². The number of aryl methyl sites for hydroxylation is 2. The maximum absolute atomic E-state index is 9.85. The van der Waals surface area contributed by atoms with Gasteiger partial charge in [-0.15, -0.1) is 0 Å². The topological polar surface area (TPSA) is 44.6 Å². The largest absolute Gasteiger partial charge is 0.507 e. The summed E-state index contributed by atoms with van der Waals surface area (Å²) in [5.74, 6) is 0.223. The van der Waals surface area contributed by atoms with Crippen molar-refractivity contribution < 1.29 is 5.11 Å². The summed E-state index contributed by atoms with van der Waals surface area (Å²) in [5.41, 5.74) is 7.29. The number of anilines is 1. The summed E-state index contributed by atoms with van der Waals surface area (Å²) < 4.78 is 0. The molecule has 0 aromatic heterocycles. The SMILES string of the molecule is C/C(=N\Nc1ccc(C)c(Cl)c1)c1cc(C)ccc1O. The molecule has 0 saturated heterocycles. The monoisotopic (exact) mass is 288 g/mol. The predicted octanol–water partition coefficient (Wildman–Crippen LogP) is 4.50. The molecule has 0 amide bonds. The van der Waals surface area contributed by atoms with Crippen LogP contribution in [0.15, 0.2) is 41.5 Å². The lowest BCUT2D eigenvalue weighted by molar-refractivity contribution is 0.474. The third kappa shape index (κ3) is 3.31. The van der Waals surface area contributed by atoms with Crippen LogP contribution in [0.25, 0.3) is 0 Å². The zero-order chi connectivity index (χ0) is 14.7. The molecule has 2 aromatic carbocycles. The molecule has 2 aromatic rings. The van der Waals surface area contributed by atoms with Gasteiger partial charge in [0.25, 0.3) is 0 Å². The van der Waals surface area contributed by atoms with Crippen LogP contribution in [-0.2, 0) is 0 Å². The van der Waals surface area contributed by atoms with Gasteiger partial charge in [-0.25, -0.2) is 0 Å². The molecule has 20 heavy (non-hydrogen) atoms. The van der Waals surface area contributed by atoms with Gasteiger partial charge in [-0.05, 0) is 50.6 Å². The Morgan fingerprint density at radius 2 is 1.90 bits per heavy atom. The van der Waals surface area contributed by atoms with E-state index < -0.39 is 0 Å². The summed E-state index contributed by atoms with van der Waals surface area (Å²) in [7, 11) is 0. The Kier molecular flexibility index (Phi) is 4.30. The lowest BCUT2D eigenvalue weighted by Crippen LogP contribution is -2.00. The Balaban J connectivity index is 2.22. The van der Waals surface area contributed by atoms with Crippen molar-refractivity contribution in [3.63, 3.8) is 0 Å². The zero-order valence-electron chi connectivity index (χ0n) is 11.7. The van der Waals surface area contributed by atoms with Gasteiger partial charge in [0, 0.05) is 10.6 Å². The predicted molar refractivity (Wildman–Crippen MR) is 84.9 cm³/mol. The van der Waals surface area contributed by atoms with Crippen LogP contribution < -0.4 is 5.43 Å². The highest BCUT2D eigenvalue weighted by Crippen LogP contribution is 2.21. The van der Waals surface area contributed by atoms with E-state index in [1.807, 2.05) is 51.1 Å². The Labute approximate surface area is 123 Å². The standard InChI is InChI=1S/C16H17ClN2O/c1-10-4-7-16(20)14(8-10)12(3)18-19-13-6-5-11(2)15(17)9-13/h4-9,19-20H,1-3H3/b18-12+. The Hall–Kier alpha value is -2.00. The van der Waals surface area contributed by atoms with Crippen molar-refractivity contribution in [2.45, 2.75) is 20.8 Å². The fourth-order valence-electron chi connectivity index (χ4n) is 1.81. The van der Waals surface area contributed by atoms with E-state index in [2.05, 4.69) is 10.5 Å². The molecule has 0 unspecified atom stereocenters. The zero-order valence-corrected chi connectivity index (χ0v) is 12.5. The van der Waals surface area contributed by atoms with Crippen LogP contribution in [-0.4, -0.2) is 10.8 Å². The highest BCUT2D eigenvalue weighted by atomic mass is 35.5. The van der Waals surface area contributed by atoms with E-state index in [0.717, 1.165) is 22.4 Å². The minimum Gasteiger partial charge on any atom is -0.507 e. The summed E-state index contributed by atoms with van der Waals surface area (Å²) in [6.07, 6.45) is 0. The number of rotatable bonds is 3. The van der Waals surface area contributed by atoms with E-state index in [0.29, 0.717) is 10.7 Å². The van der Waals surface area contributed by atoms with Gasteiger partial charge in [-0.3, -0.25) is 5.43 Å². The number of hydrogen-bond acceptors (Lipinski definition) is 3. The molecule has 4 heteroatoms. The summed E-state index contributed by atoms with van der Waals surface area (Å²) in [6, 6.07) is 11.1. The van der Waals surface area contributed by atoms with Gasteiger partial charge in [0.2, 0.25) is 0 Å². The first-order valence-electron chi connectivity index (χ1n) is 6.34. The van der Waals surface area contributed by atoms with E-state index >= 15 is 0 Å². The molecule has 0 bridgehead atoms. The first-order valence-corrected chi connectivity index (χ1v) is 6.71. The highest BCUT2D eigenvalue weighted by molar-refractivity contribution is 6.31. The van der Waals surface area contributed by atoms with Crippen molar-refractivity contribution in [3.05, 3.63) is 58.1 Å².